The van der Waals surface area contributed by atoms with Gasteiger partial charge in [0, 0.05) is 13.1 Å². The fourth-order valence-electron chi connectivity index (χ4n) is 2.39. The highest BCUT2D eigenvalue weighted by Gasteiger charge is 2.12. The molecule has 122 valence electrons. The molecule has 2 aromatic rings. The maximum Gasteiger partial charge on any atom is 0.259 e. The number of amides is 1. The lowest BCUT2D eigenvalue weighted by Crippen LogP contribution is -2.25. The molecule has 23 heavy (non-hydrogen) atoms. The average Bonchev–Trinajstić information content (AvgIpc) is 2.56. The quantitative estimate of drug-likeness (QED) is 0.836. The lowest BCUT2D eigenvalue weighted by Gasteiger charge is -2.23. The first-order valence-corrected chi connectivity index (χ1v) is 7.92. The number of carbonyl (C=O) groups is 1. The Bertz CT molecular complexity index is 637. The van der Waals surface area contributed by atoms with Gasteiger partial charge in [0.05, 0.1) is 17.4 Å². The van der Waals surface area contributed by atoms with Crippen molar-refractivity contribution in [3.63, 3.8) is 0 Å². The normalized spacial score (nSPS) is 10.4. The van der Waals surface area contributed by atoms with Crippen LogP contribution in [0.25, 0.3) is 0 Å². The van der Waals surface area contributed by atoms with Crippen molar-refractivity contribution < 1.29 is 9.18 Å². The van der Waals surface area contributed by atoms with Crippen LogP contribution >= 0.6 is 0 Å². The van der Waals surface area contributed by atoms with Crippen LogP contribution in [0, 0.1) is 5.82 Å². The minimum Gasteiger partial charge on any atom is -0.370 e. The second-order valence-corrected chi connectivity index (χ2v) is 5.32. The Hall–Kier alpha value is -2.43. The first kappa shape index (κ1) is 16.9. The van der Waals surface area contributed by atoms with Gasteiger partial charge in [0.1, 0.15) is 11.6 Å². The van der Waals surface area contributed by atoms with Crippen molar-refractivity contribution in [2.75, 3.05) is 23.3 Å². The molecule has 0 aliphatic carbocycles. The van der Waals surface area contributed by atoms with E-state index in [9.17, 15) is 9.18 Å². The number of nitrogens with one attached hydrogen (secondary N) is 1. The van der Waals surface area contributed by atoms with Crippen LogP contribution in [-0.4, -0.2) is 24.0 Å². The van der Waals surface area contributed by atoms with Gasteiger partial charge in [-0.2, -0.15) is 0 Å². The van der Waals surface area contributed by atoms with Crippen LogP contribution in [0.5, 0.6) is 0 Å². The van der Waals surface area contributed by atoms with E-state index in [0.717, 1.165) is 31.6 Å². The van der Waals surface area contributed by atoms with Crippen molar-refractivity contribution in [2.45, 2.75) is 26.7 Å². The van der Waals surface area contributed by atoms with Crippen LogP contribution in [0.3, 0.4) is 0 Å². The van der Waals surface area contributed by atoms with E-state index in [1.54, 1.807) is 24.4 Å². The molecule has 0 atom stereocenters. The summed E-state index contributed by atoms with van der Waals surface area (Å²) < 4.78 is 13.6. The van der Waals surface area contributed by atoms with Crippen molar-refractivity contribution >= 4 is 17.4 Å². The minimum atomic E-state index is -0.543. The smallest absolute Gasteiger partial charge is 0.259 e. The van der Waals surface area contributed by atoms with Gasteiger partial charge in [-0.1, -0.05) is 26.0 Å². The number of rotatable bonds is 7. The Kier molecular flexibility index (Phi) is 6.09. The lowest BCUT2D eigenvalue weighted by molar-refractivity contribution is 0.102. The third-order valence-corrected chi connectivity index (χ3v) is 3.46. The van der Waals surface area contributed by atoms with Gasteiger partial charge < -0.3 is 10.2 Å². The highest BCUT2D eigenvalue weighted by atomic mass is 19.1. The van der Waals surface area contributed by atoms with Gasteiger partial charge in [0.25, 0.3) is 5.91 Å². The molecule has 0 radical (unpaired) electrons. The number of hydrogen-bond acceptors (Lipinski definition) is 3. The summed E-state index contributed by atoms with van der Waals surface area (Å²) in [7, 11) is 0. The Morgan fingerprint density at radius 2 is 1.83 bits per heavy atom. The molecule has 0 bridgehead atoms. The van der Waals surface area contributed by atoms with E-state index in [2.05, 4.69) is 29.0 Å². The number of aromatic nitrogens is 1. The van der Waals surface area contributed by atoms with Gasteiger partial charge in [0.15, 0.2) is 0 Å². The second kappa shape index (κ2) is 8.27. The van der Waals surface area contributed by atoms with Gasteiger partial charge in [-0.3, -0.25) is 4.79 Å². The van der Waals surface area contributed by atoms with Gasteiger partial charge >= 0.3 is 0 Å². The van der Waals surface area contributed by atoms with Gasteiger partial charge in [-0.15, -0.1) is 0 Å². The van der Waals surface area contributed by atoms with Crippen LogP contribution < -0.4 is 10.2 Å². The molecule has 1 amide bonds. The maximum absolute atomic E-state index is 13.6. The molecule has 0 aliphatic rings. The van der Waals surface area contributed by atoms with Crippen LogP contribution in [-0.2, 0) is 0 Å². The van der Waals surface area contributed by atoms with Crippen molar-refractivity contribution in [3.8, 4) is 0 Å². The molecule has 0 saturated heterocycles. The summed E-state index contributed by atoms with van der Waals surface area (Å²) in [4.78, 5) is 18.6. The van der Waals surface area contributed by atoms with Gasteiger partial charge in [-0.25, -0.2) is 9.37 Å². The van der Waals surface area contributed by atoms with Gasteiger partial charge in [-0.05, 0) is 37.1 Å². The first-order valence-electron chi connectivity index (χ1n) is 7.92. The van der Waals surface area contributed by atoms with Crippen molar-refractivity contribution in [1.82, 2.24) is 4.98 Å². The van der Waals surface area contributed by atoms with E-state index in [1.165, 1.54) is 12.1 Å². The molecule has 0 fully saturated rings. The second-order valence-electron chi connectivity index (χ2n) is 5.32. The third kappa shape index (κ3) is 4.52. The summed E-state index contributed by atoms with van der Waals surface area (Å²) >= 11 is 0. The third-order valence-electron chi connectivity index (χ3n) is 3.46. The number of anilines is 2. The average molecular weight is 315 g/mol. The molecule has 0 spiro atoms. The zero-order chi connectivity index (χ0) is 16.7. The Morgan fingerprint density at radius 1 is 1.13 bits per heavy atom. The summed E-state index contributed by atoms with van der Waals surface area (Å²) in [6.07, 6.45) is 3.86. The molecular formula is C18H22FN3O. The summed E-state index contributed by atoms with van der Waals surface area (Å²) in [6.45, 7) is 6.21. The minimum absolute atomic E-state index is 0.0111. The van der Waals surface area contributed by atoms with Crippen LogP contribution in [0.2, 0.25) is 0 Å². The van der Waals surface area contributed by atoms with E-state index < -0.39 is 11.7 Å². The summed E-state index contributed by atoms with van der Waals surface area (Å²) in [5.41, 5.74) is 1.04. The molecule has 1 aromatic heterocycles. The number of hydrogen-bond donors (Lipinski definition) is 1. The van der Waals surface area contributed by atoms with Crippen LogP contribution in [0.15, 0.2) is 42.6 Å². The van der Waals surface area contributed by atoms with E-state index in [4.69, 9.17) is 0 Å². The Morgan fingerprint density at radius 3 is 2.39 bits per heavy atom. The monoisotopic (exact) mass is 315 g/mol. The standard InChI is InChI=1S/C18H22FN3O/c1-3-11-22(12-4-2)14-9-10-17(20-13-14)21-18(23)15-7-5-6-8-16(15)19/h5-10,13H,3-4,11-12H2,1-2H3,(H,20,21,23). The number of carbonyl (C=O) groups excluding carboxylic acids is 1. The summed E-state index contributed by atoms with van der Waals surface area (Å²) in [5, 5.41) is 2.62. The molecule has 0 saturated carbocycles. The SMILES string of the molecule is CCCN(CCC)c1ccc(NC(=O)c2ccccc2F)nc1. The number of nitrogens with zero attached hydrogens (tertiary/aromatic N) is 2. The predicted molar refractivity (Wildman–Crippen MR) is 91.4 cm³/mol. The predicted octanol–water partition coefficient (Wildman–Crippen LogP) is 4.10. The fraction of sp³-hybridized carbons (Fsp3) is 0.333. The molecule has 2 rings (SSSR count). The van der Waals surface area contributed by atoms with Gasteiger partial charge in [0.2, 0.25) is 0 Å². The zero-order valence-corrected chi connectivity index (χ0v) is 13.6. The highest BCUT2D eigenvalue weighted by Crippen LogP contribution is 2.17. The molecule has 0 unspecified atom stereocenters. The van der Waals surface area contributed by atoms with E-state index >= 15 is 0 Å². The molecule has 1 heterocycles. The first-order chi connectivity index (χ1) is 11.2. The Balaban J connectivity index is 2.07. The summed E-state index contributed by atoms with van der Waals surface area (Å²) in [5.74, 6) is -0.629. The van der Waals surface area contributed by atoms with Crippen molar-refractivity contribution in [3.05, 3.63) is 54.0 Å². The summed E-state index contributed by atoms with van der Waals surface area (Å²) in [6, 6.07) is 9.56. The van der Waals surface area contributed by atoms with E-state index in [1.807, 2.05) is 6.07 Å². The highest BCUT2D eigenvalue weighted by molar-refractivity contribution is 6.03. The molecule has 4 nitrogen and oxygen atoms in total. The number of pyridine rings is 1. The molecule has 1 N–H and O–H groups in total. The topological polar surface area (TPSA) is 45.2 Å². The van der Waals surface area contributed by atoms with Crippen molar-refractivity contribution in [1.29, 1.82) is 0 Å². The largest absolute Gasteiger partial charge is 0.370 e. The van der Waals surface area contributed by atoms with Crippen molar-refractivity contribution in [2.24, 2.45) is 0 Å². The molecule has 0 aliphatic heterocycles. The van der Waals surface area contributed by atoms with Crippen LogP contribution in [0.4, 0.5) is 15.9 Å². The lowest BCUT2D eigenvalue weighted by atomic mass is 10.2. The van der Waals surface area contributed by atoms with E-state index in [0.29, 0.717) is 5.82 Å². The number of benzene rings is 1. The molecule has 5 heteroatoms. The Labute approximate surface area is 136 Å². The van der Waals surface area contributed by atoms with Crippen LogP contribution in [0.1, 0.15) is 37.0 Å². The molecular weight excluding hydrogens is 293 g/mol. The fourth-order valence-corrected chi connectivity index (χ4v) is 2.39. The maximum atomic E-state index is 13.6. The molecule has 1 aromatic carbocycles. The number of halogens is 1. The van der Waals surface area contributed by atoms with E-state index in [-0.39, 0.29) is 5.56 Å². The zero-order valence-electron chi connectivity index (χ0n) is 13.6.